The van der Waals surface area contributed by atoms with E-state index in [9.17, 15) is 18.0 Å². The van der Waals surface area contributed by atoms with Crippen LogP contribution in [0.15, 0.2) is 48.5 Å². The van der Waals surface area contributed by atoms with E-state index in [1.807, 2.05) is 0 Å². The van der Waals surface area contributed by atoms with Crippen LogP contribution < -0.4 is 19.1 Å². The summed E-state index contributed by atoms with van der Waals surface area (Å²) in [6, 6.07) is 12.6. The Morgan fingerprint density at radius 2 is 1.66 bits per heavy atom. The van der Waals surface area contributed by atoms with Crippen molar-refractivity contribution in [3.05, 3.63) is 54.1 Å². The van der Waals surface area contributed by atoms with Gasteiger partial charge in [-0.15, -0.1) is 0 Å². The molecule has 1 atom stereocenters. The Morgan fingerprint density at radius 3 is 2.19 bits per heavy atom. The Kier molecular flexibility index (Phi) is 8.48. The number of carbonyl (C=O) groups is 2. The van der Waals surface area contributed by atoms with Gasteiger partial charge in [0.1, 0.15) is 24.1 Å². The number of amides is 2. The third-order valence-electron chi connectivity index (χ3n) is 4.94. The van der Waals surface area contributed by atoms with Crippen LogP contribution in [0.4, 0.5) is 5.69 Å². The number of anilines is 1. The lowest BCUT2D eigenvalue weighted by molar-refractivity contribution is -0.139. The number of carbonyl (C=O) groups excluding carboxylic acids is 2. The van der Waals surface area contributed by atoms with Gasteiger partial charge in [-0.05, 0) is 48.9 Å². The highest BCUT2D eigenvalue weighted by molar-refractivity contribution is 7.92. The third-order valence-corrected chi connectivity index (χ3v) is 6.08. The van der Waals surface area contributed by atoms with Crippen LogP contribution in [0.5, 0.6) is 11.5 Å². The SMILES string of the molecule is CNC(=O)[C@H](C)N(Cc1cccc(OC)c1)C(=O)CN(c1ccc(OC)cc1)S(C)(=O)=O. The number of rotatable bonds is 10. The minimum absolute atomic E-state index is 0.102. The average molecular weight is 464 g/mol. The average Bonchev–Trinajstić information content (AvgIpc) is 2.79. The molecule has 9 nitrogen and oxygen atoms in total. The first-order chi connectivity index (χ1) is 15.1. The highest BCUT2D eigenvalue weighted by atomic mass is 32.2. The van der Waals surface area contributed by atoms with Gasteiger partial charge in [-0.1, -0.05) is 12.1 Å². The molecular formula is C22H29N3O6S. The molecule has 32 heavy (non-hydrogen) atoms. The number of sulfonamides is 1. The highest BCUT2D eigenvalue weighted by Gasteiger charge is 2.29. The van der Waals surface area contributed by atoms with Gasteiger partial charge in [-0.3, -0.25) is 13.9 Å². The van der Waals surface area contributed by atoms with Crippen LogP contribution in [0.25, 0.3) is 0 Å². The van der Waals surface area contributed by atoms with Crippen LogP contribution in [-0.4, -0.2) is 65.2 Å². The Labute approximate surface area is 189 Å². The summed E-state index contributed by atoms with van der Waals surface area (Å²) in [6.07, 6.45) is 1.03. The number of methoxy groups -OCH3 is 2. The lowest BCUT2D eigenvalue weighted by Gasteiger charge is -2.31. The molecule has 0 unspecified atom stereocenters. The van der Waals surface area contributed by atoms with E-state index in [0.29, 0.717) is 17.2 Å². The van der Waals surface area contributed by atoms with Crippen molar-refractivity contribution in [2.45, 2.75) is 19.5 Å². The molecule has 0 radical (unpaired) electrons. The molecule has 0 spiro atoms. The smallest absolute Gasteiger partial charge is 0.244 e. The maximum atomic E-state index is 13.3. The molecule has 0 saturated heterocycles. The van der Waals surface area contributed by atoms with Gasteiger partial charge in [-0.2, -0.15) is 0 Å². The monoisotopic (exact) mass is 463 g/mol. The van der Waals surface area contributed by atoms with E-state index in [4.69, 9.17) is 9.47 Å². The van der Waals surface area contributed by atoms with Crippen LogP contribution in [0.2, 0.25) is 0 Å². The Bertz CT molecular complexity index is 1040. The predicted molar refractivity (Wildman–Crippen MR) is 122 cm³/mol. The van der Waals surface area contributed by atoms with Crippen molar-refractivity contribution in [3.63, 3.8) is 0 Å². The zero-order valence-electron chi connectivity index (χ0n) is 18.9. The molecule has 2 aromatic rings. The van der Waals surface area contributed by atoms with Gasteiger partial charge < -0.3 is 19.7 Å². The lowest BCUT2D eigenvalue weighted by atomic mass is 10.1. The van der Waals surface area contributed by atoms with Crippen molar-refractivity contribution in [2.75, 3.05) is 38.4 Å². The van der Waals surface area contributed by atoms with E-state index in [0.717, 1.165) is 16.1 Å². The van der Waals surface area contributed by atoms with Crippen molar-refractivity contribution in [3.8, 4) is 11.5 Å². The summed E-state index contributed by atoms with van der Waals surface area (Å²) in [7, 11) is 0.742. The van der Waals surface area contributed by atoms with E-state index >= 15 is 0 Å². The Balaban J connectivity index is 2.37. The zero-order chi connectivity index (χ0) is 23.9. The number of ether oxygens (including phenoxy) is 2. The van der Waals surface area contributed by atoms with Crippen LogP contribution in [0.1, 0.15) is 12.5 Å². The van der Waals surface area contributed by atoms with E-state index in [1.165, 1.54) is 26.2 Å². The van der Waals surface area contributed by atoms with Crippen molar-refractivity contribution in [2.24, 2.45) is 0 Å². The second kappa shape index (κ2) is 10.9. The van der Waals surface area contributed by atoms with Gasteiger partial charge in [0.05, 0.1) is 26.2 Å². The first-order valence-electron chi connectivity index (χ1n) is 9.86. The minimum Gasteiger partial charge on any atom is -0.497 e. The second-order valence-electron chi connectivity index (χ2n) is 7.13. The number of hydrogen-bond donors (Lipinski definition) is 1. The van der Waals surface area contributed by atoms with Crippen LogP contribution >= 0.6 is 0 Å². The van der Waals surface area contributed by atoms with Crippen molar-refractivity contribution in [1.29, 1.82) is 0 Å². The van der Waals surface area contributed by atoms with Gasteiger partial charge in [-0.25, -0.2) is 8.42 Å². The summed E-state index contributed by atoms with van der Waals surface area (Å²) in [5.74, 6) is 0.279. The van der Waals surface area contributed by atoms with Gasteiger partial charge >= 0.3 is 0 Å². The number of likely N-dealkylation sites (N-methyl/N-ethyl adjacent to an activating group) is 1. The van der Waals surface area contributed by atoms with Gasteiger partial charge in [0.25, 0.3) is 0 Å². The molecule has 0 bridgehead atoms. The summed E-state index contributed by atoms with van der Waals surface area (Å²) in [5, 5.41) is 2.53. The van der Waals surface area contributed by atoms with E-state index in [2.05, 4.69) is 5.32 Å². The number of nitrogens with one attached hydrogen (secondary N) is 1. The third kappa shape index (κ3) is 6.36. The van der Waals surface area contributed by atoms with Crippen molar-refractivity contribution in [1.82, 2.24) is 10.2 Å². The molecule has 0 saturated carbocycles. The summed E-state index contributed by atoms with van der Waals surface area (Å²) in [4.78, 5) is 27.0. The van der Waals surface area contributed by atoms with Crippen molar-refractivity contribution < 1.29 is 27.5 Å². The first-order valence-corrected chi connectivity index (χ1v) is 11.7. The number of nitrogens with zero attached hydrogens (tertiary/aromatic N) is 2. The highest BCUT2D eigenvalue weighted by Crippen LogP contribution is 2.22. The number of benzene rings is 2. The molecule has 0 aliphatic carbocycles. The first kappa shape index (κ1) is 25.0. The fourth-order valence-corrected chi connectivity index (χ4v) is 3.97. The molecule has 174 valence electrons. The molecule has 0 fully saturated rings. The van der Waals surface area contributed by atoms with Gasteiger partial charge in [0.15, 0.2) is 0 Å². The quantitative estimate of drug-likeness (QED) is 0.574. The summed E-state index contributed by atoms with van der Waals surface area (Å²) in [5.41, 5.74) is 1.05. The second-order valence-corrected chi connectivity index (χ2v) is 9.04. The molecule has 0 aliphatic rings. The maximum absolute atomic E-state index is 13.3. The molecule has 2 rings (SSSR count). The van der Waals surface area contributed by atoms with Crippen LogP contribution in [0, 0.1) is 0 Å². The normalized spacial score (nSPS) is 11.9. The van der Waals surface area contributed by atoms with E-state index in [1.54, 1.807) is 55.5 Å². The molecule has 2 aromatic carbocycles. The van der Waals surface area contributed by atoms with Gasteiger partial charge in [0.2, 0.25) is 21.8 Å². The largest absolute Gasteiger partial charge is 0.497 e. The molecule has 1 N–H and O–H groups in total. The standard InChI is InChI=1S/C22H29N3O6S/c1-16(22(27)23-2)24(14-17-7-6-8-20(13-17)31-4)21(26)15-25(32(5,28)29)18-9-11-19(30-3)12-10-18/h6-13,16H,14-15H2,1-5H3,(H,23,27)/t16-/m0/s1. The number of hydrogen-bond acceptors (Lipinski definition) is 6. The molecule has 2 amide bonds. The summed E-state index contributed by atoms with van der Waals surface area (Å²) < 4.78 is 36.3. The summed E-state index contributed by atoms with van der Waals surface area (Å²) >= 11 is 0. The minimum atomic E-state index is -3.78. The fourth-order valence-electron chi connectivity index (χ4n) is 3.12. The maximum Gasteiger partial charge on any atom is 0.244 e. The molecule has 0 aromatic heterocycles. The van der Waals surface area contributed by atoms with E-state index < -0.39 is 28.5 Å². The molecular weight excluding hydrogens is 434 g/mol. The summed E-state index contributed by atoms with van der Waals surface area (Å²) in [6.45, 7) is 1.23. The topological polar surface area (TPSA) is 105 Å². The molecule has 0 aliphatic heterocycles. The Hall–Kier alpha value is -3.27. The van der Waals surface area contributed by atoms with E-state index in [-0.39, 0.29) is 12.5 Å². The molecule has 10 heteroatoms. The fraction of sp³-hybridized carbons (Fsp3) is 0.364. The van der Waals surface area contributed by atoms with Crippen LogP contribution in [0.3, 0.4) is 0 Å². The van der Waals surface area contributed by atoms with Gasteiger partial charge in [0, 0.05) is 13.6 Å². The lowest BCUT2D eigenvalue weighted by Crippen LogP contribution is -2.50. The molecule has 0 heterocycles. The zero-order valence-corrected chi connectivity index (χ0v) is 19.7. The van der Waals surface area contributed by atoms with Crippen LogP contribution in [-0.2, 0) is 26.2 Å². The van der Waals surface area contributed by atoms with Crippen molar-refractivity contribution >= 4 is 27.5 Å². The predicted octanol–water partition coefficient (Wildman–Crippen LogP) is 1.63. The Morgan fingerprint density at radius 1 is 1.03 bits per heavy atom.